The normalized spacial score (nSPS) is 37.1. The Morgan fingerprint density at radius 1 is 1.24 bits per heavy atom. The number of rotatable bonds is 2. The first-order valence-electron chi connectivity index (χ1n) is 7.77. The van der Waals surface area contributed by atoms with Crippen LogP contribution < -0.4 is 5.32 Å². The van der Waals surface area contributed by atoms with Gasteiger partial charge in [0.15, 0.2) is 0 Å². The summed E-state index contributed by atoms with van der Waals surface area (Å²) in [7, 11) is 0. The third kappa shape index (κ3) is 3.67. The van der Waals surface area contributed by atoms with Gasteiger partial charge in [-0.3, -0.25) is 0 Å². The Balaban J connectivity index is 2.03. The predicted molar refractivity (Wildman–Crippen MR) is 78.0 cm³/mol. The Kier molecular flexibility index (Phi) is 4.46. The largest absolute Gasteiger partial charge is 0.480 e. The fourth-order valence-electron chi connectivity index (χ4n) is 3.32. The van der Waals surface area contributed by atoms with Crippen LogP contribution >= 0.6 is 0 Å². The molecule has 1 aliphatic carbocycles. The van der Waals surface area contributed by atoms with Gasteiger partial charge in [-0.05, 0) is 51.4 Å². The molecule has 2 aliphatic rings. The van der Waals surface area contributed by atoms with Crippen LogP contribution in [-0.4, -0.2) is 51.3 Å². The standard InChI is InChI=1S/C15H26N2O4/c1-11-4-7-15(8-5-11,12(18)19)16-13(20)17-9-3-6-14(2,21)10-17/h11,21H,3-10H2,1-2H3,(H,16,20)(H,18,19). The molecule has 1 aliphatic heterocycles. The fraction of sp³-hybridized carbons (Fsp3) is 0.867. The summed E-state index contributed by atoms with van der Waals surface area (Å²) in [5, 5.41) is 22.3. The number of aliphatic hydroxyl groups is 1. The highest BCUT2D eigenvalue weighted by Gasteiger charge is 2.44. The first-order valence-corrected chi connectivity index (χ1v) is 7.77. The highest BCUT2D eigenvalue weighted by atomic mass is 16.4. The number of carboxylic acid groups (broad SMARTS) is 1. The lowest BCUT2D eigenvalue weighted by atomic mass is 9.77. The average molecular weight is 298 g/mol. The zero-order chi connectivity index (χ0) is 15.7. The molecule has 6 nitrogen and oxygen atoms in total. The van der Waals surface area contributed by atoms with E-state index >= 15 is 0 Å². The van der Waals surface area contributed by atoms with Gasteiger partial charge in [0.1, 0.15) is 5.54 Å². The molecule has 0 aromatic rings. The highest BCUT2D eigenvalue weighted by molar-refractivity contribution is 5.86. The van der Waals surface area contributed by atoms with Crippen molar-refractivity contribution in [2.45, 2.75) is 63.5 Å². The van der Waals surface area contributed by atoms with Crippen molar-refractivity contribution in [2.75, 3.05) is 13.1 Å². The predicted octanol–water partition coefficient (Wildman–Crippen LogP) is 1.58. The molecule has 0 spiro atoms. The molecule has 0 aromatic carbocycles. The van der Waals surface area contributed by atoms with Gasteiger partial charge in [0, 0.05) is 6.54 Å². The van der Waals surface area contributed by atoms with Crippen LogP contribution in [0.15, 0.2) is 0 Å². The number of carbonyl (C=O) groups excluding carboxylic acids is 1. The van der Waals surface area contributed by atoms with Crippen LogP contribution in [0.5, 0.6) is 0 Å². The maximum absolute atomic E-state index is 12.4. The molecule has 0 bridgehead atoms. The zero-order valence-corrected chi connectivity index (χ0v) is 12.9. The number of hydrogen-bond donors (Lipinski definition) is 3. The van der Waals surface area contributed by atoms with Crippen molar-refractivity contribution in [2.24, 2.45) is 5.92 Å². The summed E-state index contributed by atoms with van der Waals surface area (Å²) in [6.07, 6.45) is 3.96. The fourth-order valence-corrected chi connectivity index (χ4v) is 3.32. The molecule has 3 N–H and O–H groups in total. The molecule has 2 amide bonds. The van der Waals surface area contributed by atoms with E-state index in [-0.39, 0.29) is 12.6 Å². The monoisotopic (exact) mass is 298 g/mol. The molecule has 1 atom stereocenters. The Bertz CT molecular complexity index is 414. The number of hydrogen-bond acceptors (Lipinski definition) is 3. The van der Waals surface area contributed by atoms with E-state index in [1.807, 2.05) is 0 Å². The second-order valence-electron chi connectivity index (χ2n) is 7.02. The summed E-state index contributed by atoms with van der Waals surface area (Å²) in [5.74, 6) is -0.448. The van der Waals surface area contributed by atoms with Crippen molar-refractivity contribution >= 4 is 12.0 Å². The molecule has 2 fully saturated rings. The molecule has 6 heteroatoms. The molecule has 1 heterocycles. The van der Waals surface area contributed by atoms with Crippen LogP contribution in [-0.2, 0) is 4.79 Å². The van der Waals surface area contributed by atoms with E-state index in [0.717, 1.165) is 19.3 Å². The second kappa shape index (κ2) is 5.83. The Hall–Kier alpha value is -1.30. The van der Waals surface area contributed by atoms with Crippen LogP contribution in [0.4, 0.5) is 4.79 Å². The number of likely N-dealkylation sites (tertiary alicyclic amines) is 1. The lowest BCUT2D eigenvalue weighted by molar-refractivity contribution is -0.146. The molecule has 0 radical (unpaired) electrons. The number of aliphatic carboxylic acids is 1. The van der Waals surface area contributed by atoms with Gasteiger partial charge in [0.25, 0.3) is 0 Å². The van der Waals surface area contributed by atoms with E-state index in [1.165, 1.54) is 4.90 Å². The van der Waals surface area contributed by atoms with Gasteiger partial charge in [-0.15, -0.1) is 0 Å². The molecule has 120 valence electrons. The van der Waals surface area contributed by atoms with Gasteiger partial charge < -0.3 is 20.4 Å². The summed E-state index contributed by atoms with van der Waals surface area (Å²) in [6, 6.07) is -0.369. The third-order valence-electron chi connectivity index (χ3n) is 4.85. The zero-order valence-electron chi connectivity index (χ0n) is 12.9. The van der Waals surface area contributed by atoms with Crippen LogP contribution in [0.3, 0.4) is 0 Å². The molecule has 2 rings (SSSR count). The van der Waals surface area contributed by atoms with E-state index in [1.54, 1.807) is 6.92 Å². The number of urea groups is 1. The number of piperidine rings is 1. The Morgan fingerprint density at radius 3 is 2.38 bits per heavy atom. The summed E-state index contributed by atoms with van der Waals surface area (Å²) < 4.78 is 0. The lowest BCUT2D eigenvalue weighted by Crippen LogP contribution is -2.61. The number of carboxylic acids is 1. The molecule has 1 saturated carbocycles. The third-order valence-corrected chi connectivity index (χ3v) is 4.85. The smallest absolute Gasteiger partial charge is 0.329 e. The van der Waals surface area contributed by atoms with Gasteiger partial charge in [0.05, 0.1) is 12.1 Å². The van der Waals surface area contributed by atoms with Crippen molar-refractivity contribution < 1.29 is 19.8 Å². The number of amides is 2. The van der Waals surface area contributed by atoms with Gasteiger partial charge in [-0.1, -0.05) is 6.92 Å². The summed E-state index contributed by atoms with van der Waals surface area (Å²) in [6.45, 7) is 4.64. The van der Waals surface area contributed by atoms with Crippen molar-refractivity contribution in [3.63, 3.8) is 0 Å². The summed E-state index contributed by atoms with van der Waals surface area (Å²) in [4.78, 5) is 25.6. The van der Waals surface area contributed by atoms with Crippen molar-refractivity contribution in [3.05, 3.63) is 0 Å². The first-order chi connectivity index (χ1) is 9.74. The molecule has 1 saturated heterocycles. The van der Waals surface area contributed by atoms with Crippen LogP contribution in [0.2, 0.25) is 0 Å². The van der Waals surface area contributed by atoms with E-state index in [9.17, 15) is 19.8 Å². The highest BCUT2D eigenvalue weighted by Crippen LogP contribution is 2.32. The van der Waals surface area contributed by atoms with Crippen molar-refractivity contribution in [3.8, 4) is 0 Å². The number of nitrogens with one attached hydrogen (secondary N) is 1. The van der Waals surface area contributed by atoms with Gasteiger partial charge in [-0.2, -0.15) is 0 Å². The summed E-state index contributed by atoms with van der Waals surface area (Å²) in [5.41, 5.74) is -2.03. The van der Waals surface area contributed by atoms with Crippen molar-refractivity contribution in [1.29, 1.82) is 0 Å². The van der Waals surface area contributed by atoms with Gasteiger partial charge in [0.2, 0.25) is 0 Å². The Labute approximate surface area is 125 Å². The van der Waals surface area contributed by atoms with Gasteiger partial charge >= 0.3 is 12.0 Å². The Morgan fingerprint density at radius 2 is 1.86 bits per heavy atom. The van der Waals surface area contributed by atoms with Crippen molar-refractivity contribution in [1.82, 2.24) is 10.2 Å². The first kappa shape index (κ1) is 16.1. The lowest BCUT2D eigenvalue weighted by Gasteiger charge is -2.41. The SMILES string of the molecule is CC1CCC(NC(=O)N2CCCC(C)(O)C2)(C(=O)O)CC1. The number of β-amino-alcohol motifs (C(OH)–C–C–N with tert-alkyl or cyclic N) is 1. The van der Waals surface area contributed by atoms with Crippen LogP contribution in [0.25, 0.3) is 0 Å². The summed E-state index contributed by atoms with van der Waals surface area (Å²) >= 11 is 0. The number of nitrogens with zero attached hydrogens (tertiary/aromatic N) is 1. The second-order valence-corrected chi connectivity index (χ2v) is 7.02. The minimum Gasteiger partial charge on any atom is -0.480 e. The van der Waals surface area contributed by atoms with E-state index in [0.29, 0.717) is 31.7 Å². The molecular weight excluding hydrogens is 272 g/mol. The minimum absolute atomic E-state index is 0.255. The minimum atomic E-state index is -1.15. The van der Waals surface area contributed by atoms with Gasteiger partial charge in [-0.25, -0.2) is 9.59 Å². The van der Waals surface area contributed by atoms with E-state index < -0.39 is 17.1 Å². The molecule has 21 heavy (non-hydrogen) atoms. The van der Waals surface area contributed by atoms with E-state index in [2.05, 4.69) is 12.2 Å². The molecule has 1 unspecified atom stereocenters. The quantitative estimate of drug-likeness (QED) is 0.722. The topological polar surface area (TPSA) is 89.9 Å². The maximum Gasteiger partial charge on any atom is 0.329 e. The molecule has 0 aromatic heterocycles. The van der Waals surface area contributed by atoms with E-state index in [4.69, 9.17) is 0 Å². The average Bonchev–Trinajstić information content (AvgIpc) is 2.40. The van der Waals surface area contributed by atoms with Crippen LogP contribution in [0, 0.1) is 5.92 Å². The molecular formula is C15H26N2O4. The number of carbonyl (C=O) groups is 2. The maximum atomic E-state index is 12.4. The van der Waals surface area contributed by atoms with Crippen LogP contribution in [0.1, 0.15) is 52.4 Å².